The molecule has 2 nitrogen and oxygen atoms in total. The van der Waals surface area contributed by atoms with Crippen LogP contribution in [0.5, 0.6) is 0 Å². The monoisotopic (exact) mass is 265 g/mol. The summed E-state index contributed by atoms with van der Waals surface area (Å²) in [5.41, 5.74) is 0. The molecule has 0 radical (unpaired) electrons. The van der Waals surface area contributed by atoms with Crippen molar-refractivity contribution in [2.75, 3.05) is 6.54 Å². The molecule has 0 bridgehead atoms. The lowest BCUT2D eigenvalue weighted by Gasteiger charge is -2.40. The largest absolute Gasteiger partial charge is 0.393 e. The number of fused-ring (bicyclic) bond motifs is 1. The van der Waals surface area contributed by atoms with Gasteiger partial charge in [0.05, 0.1) is 6.10 Å². The highest BCUT2D eigenvalue weighted by Gasteiger charge is 2.32. The molecule has 0 amide bonds. The zero-order chi connectivity index (χ0) is 13.1. The molecule has 3 atom stereocenters. The van der Waals surface area contributed by atoms with Crippen molar-refractivity contribution in [3.63, 3.8) is 0 Å². The molecule has 3 rings (SSSR count). The quantitative estimate of drug-likeness (QED) is 0.819. The second-order valence-corrected chi connectivity index (χ2v) is 7.40. The Morgan fingerprint density at radius 1 is 0.789 bits per heavy atom. The fourth-order valence-corrected chi connectivity index (χ4v) is 4.74. The smallest absolute Gasteiger partial charge is 0.0540 e. The van der Waals surface area contributed by atoms with Gasteiger partial charge in [0.25, 0.3) is 0 Å². The van der Waals surface area contributed by atoms with Gasteiger partial charge in [-0.05, 0) is 69.2 Å². The van der Waals surface area contributed by atoms with E-state index in [9.17, 15) is 5.11 Å². The van der Waals surface area contributed by atoms with Crippen molar-refractivity contribution in [2.45, 2.75) is 82.8 Å². The summed E-state index contributed by atoms with van der Waals surface area (Å²) >= 11 is 0. The molecular formula is C17H31NO. The molecule has 0 aromatic rings. The first kappa shape index (κ1) is 13.9. The summed E-state index contributed by atoms with van der Waals surface area (Å²) in [4.78, 5) is 0. The van der Waals surface area contributed by atoms with Gasteiger partial charge in [-0.1, -0.05) is 25.7 Å². The summed E-state index contributed by atoms with van der Waals surface area (Å²) in [6, 6.07) is 0.797. The number of hydrogen-bond donors (Lipinski definition) is 2. The first-order valence-electron chi connectivity index (χ1n) is 8.72. The van der Waals surface area contributed by atoms with Crippen LogP contribution in [0.2, 0.25) is 0 Å². The second kappa shape index (κ2) is 6.58. The van der Waals surface area contributed by atoms with Crippen LogP contribution in [-0.4, -0.2) is 23.8 Å². The molecule has 0 saturated heterocycles. The Kier molecular flexibility index (Phi) is 4.81. The number of aliphatic hydroxyl groups is 1. The van der Waals surface area contributed by atoms with E-state index < -0.39 is 0 Å². The van der Waals surface area contributed by atoms with E-state index in [1.807, 2.05) is 0 Å². The second-order valence-electron chi connectivity index (χ2n) is 7.40. The maximum atomic E-state index is 9.55. The first-order valence-corrected chi connectivity index (χ1v) is 8.72. The zero-order valence-electron chi connectivity index (χ0n) is 12.3. The van der Waals surface area contributed by atoms with Crippen molar-refractivity contribution < 1.29 is 5.11 Å². The van der Waals surface area contributed by atoms with E-state index in [1.54, 1.807) is 0 Å². The maximum absolute atomic E-state index is 9.55. The highest BCUT2D eigenvalue weighted by atomic mass is 16.3. The number of aliphatic hydroxyl groups excluding tert-OH is 1. The standard InChI is InChI=1S/C17H31NO/c19-17-9-5-13(6-10-17)12-18-16-8-7-14-3-1-2-4-15(14)11-16/h13-19H,1-12H2. The third-order valence-corrected chi connectivity index (χ3v) is 6.05. The van der Waals surface area contributed by atoms with E-state index in [0.29, 0.717) is 0 Å². The van der Waals surface area contributed by atoms with Gasteiger partial charge in [-0.25, -0.2) is 0 Å². The molecular weight excluding hydrogens is 234 g/mol. The predicted molar refractivity (Wildman–Crippen MR) is 79.1 cm³/mol. The summed E-state index contributed by atoms with van der Waals surface area (Å²) in [6.45, 7) is 1.20. The van der Waals surface area contributed by atoms with Crippen molar-refractivity contribution in [2.24, 2.45) is 17.8 Å². The molecule has 2 N–H and O–H groups in total. The van der Waals surface area contributed by atoms with E-state index in [1.165, 1.54) is 64.3 Å². The van der Waals surface area contributed by atoms with Crippen LogP contribution in [0.25, 0.3) is 0 Å². The van der Waals surface area contributed by atoms with Crippen molar-refractivity contribution >= 4 is 0 Å². The molecule has 3 aliphatic rings. The van der Waals surface area contributed by atoms with Crippen LogP contribution in [0, 0.1) is 17.8 Å². The van der Waals surface area contributed by atoms with Crippen LogP contribution in [0.4, 0.5) is 0 Å². The molecule has 0 heterocycles. The van der Waals surface area contributed by atoms with Crippen LogP contribution in [0.15, 0.2) is 0 Å². The zero-order valence-corrected chi connectivity index (χ0v) is 12.3. The van der Waals surface area contributed by atoms with Crippen LogP contribution >= 0.6 is 0 Å². The molecule has 0 aromatic heterocycles. The van der Waals surface area contributed by atoms with E-state index in [-0.39, 0.29) is 6.10 Å². The van der Waals surface area contributed by atoms with Crippen LogP contribution < -0.4 is 5.32 Å². The van der Waals surface area contributed by atoms with Gasteiger partial charge in [0.15, 0.2) is 0 Å². The molecule has 2 heteroatoms. The highest BCUT2D eigenvalue weighted by molar-refractivity contribution is 4.86. The van der Waals surface area contributed by atoms with E-state index in [0.717, 1.165) is 36.6 Å². The maximum Gasteiger partial charge on any atom is 0.0540 e. The summed E-state index contributed by atoms with van der Waals surface area (Å²) in [6.07, 6.45) is 14.8. The highest BCUT2D eigenvalue weighted by Crippen LogP contribution is 2.40. The Labute approximate surface area is 118 Å². The fourth-order valence-electron chi connectivity index (χ4n) is 4.74. The van der Waals surface area contributed by atoms with Crippen LogP contribution in [0.1, 0.15) is 70.6 Å². The van der Waals surface area contributed by atoms with E-state index in [2.05, 4.69) is 5.32 Å². The SMILES string of the molecule is OC1CCC(CNC2CCC3CCCCC3C2)CC1. The van der Waals surface area contributed by atoms with E-state index in [4.69, 9.17) is 0 Å². The number of rotatable bonds is 3. The minimum atomic E-state index is -0.00562. The Morgan fingerprint density at radius 3 is 2.32 bits per heavy atom. The average Bonchev–Trinajstić information content (AvgIpc) is 2.46. The molecule has 110 valence electrons. The molecule has 3 fully saturated rings. The van der Waals surface area contributed by atoms with Gasteiger partial charge in [0, 0.05) is 6.04 Å². The predicted octanol–water partition coefficient (Wildman–Crippen LogP) is 3.49. The molecule has 3 unspecified atom stereocenters. The van der Waals surface area contributed by atoms with Crippen LogP contribution in [-0.2, 0) is 0 Å². The number of nitrogens with one attached hydrogen (secondary N) is 1. The lowest BCUT2D eigenvalue weighted by molar-refractivity contribution is 0.103. The molecule has 0 spiro atoms. The van der Waals surface area contributed by atoms with Gasteiger partial charge >= 0.3 is 0 Å². The summed E-state index contributed by atoms with van der Waals surface area (Å²) in [5.74, 6) is 2.93. The third kappa shape index (κ3) is 3.72. The molecule has 3 aliphatic carbocycles. The van der Waals surface area contributed by atoms with Crippen molar-refractivity contribution in [1.29, 1.82) is 0 Å². The van der Waals surface area contributed by atoms with Gasteiger partial charge < -0.3 is 10.4 Å². The lowest BCUT2D eigenvalue weighted by Crippen LogP contribution is -2.41. The summed E-state index contributed by atoms with van der Waals surface area (Å²) in [7, 11) is 0. The third-order valence-electron chi connectivity index (χ3n) is 6.05. The normalized spacial score (nSPS) is 43.7. The Hall–Kier alpha value is -0.0800. The lowest BCUT2D eigenvalue weighted by atomic mass is 9.69. The van der Waals surface area contributed by atoms with Gasteiger partial charge in [-0.3, -0.25) is 0 Å². The van der Waals surface area contributed by atoms with Gasteiger partial charge in [-0.2, -0.15) is 0 Å². The first-order chi connectivity index (χ1) is 9.31. The van der Waals surface area contributed by atoms with Crippen LogP contribution in [0.3, 0.4) is 0 Å². The number of hydrogen-bond acceptors (Lipinski definition) is 2. The average molecular weight is 265 g/mol. The van der Waals surface area contributed by atoms with Gasteiger partial charge in [0.2, 0.25) is 0 Å². The Bertz CT molecular complexity index is 272. The topological polar surface area (TPSA) is 32.3 Å². The summed E-state index contributed by atoms with van der Waals surface area (Å²) in [5, 5.41) is 13.4. The molecule has 19 heavy (non-hydrogen) atoms. The minimum Gasteiger partial charge on any atom is -0.393 e. The van der Waals surface area contributed by atoms with Crippen molar-refractivity contribution in [3.8, 4) is 0 Å². The van der Waals surface area contributed by atoms with Gasteiger partial charge in [-0.15, -0.1) is 0 Å². The minimum absolute atomic E-state index is 0.00562. The molecule has 0 aromatic carbocycles. The van der Waals surface area contributed by atoms with Crippen molar-refractivity contribution in [1.82, 2.24) is 5.32 Å². The fraction of sp³-hybridized carbons (Fsp3) is 1.00. The van der Waals surface area contributed by atoms with Crippen molar-refractivity contribution in [3.05, 3.63) is 0 Å². The van der Waals surface area contributed by atoms with Gasteiger partial charge in [0.1, 0.15) is 0 Å². The Balaban J connectivity index is 1.39. The Morgan fingerprint density at radius 2 is 1.53 bits per heavy atom. The van der Waals surface area contributed by atoms with E-state index >= 15 is 0 Å². The molecule has 3 saturated carbocycles. The summed E-state index contributed by atoms with van der Waals surface area (Å²) < 4.78 is 0. The molecule has 0 aliphatic heterocycles.